The van der Waals surface area contributed by atoms with Crippen molar-refractivity contribution in [3.63, 3.8) is 0 Å². The highest BCUT2D eigenvalue weighted by atomic mass is 28.4. The Balaban J connectivity index is 1.26. The molecule has 0 aliphatic carbocycles. The molecule has 0 radical (unpaired) electrons. The van der Waals surface area contributed by atoms with E-state index in [2.05, 4.69) is 66.3 Å². The van der Waals surface area contributed by atoms with E-state index in [4.69, 9.17) is 4.43 Å². The van der Waals surface area contributed by atoms with Gasteiger partial charge in [-0.1, -0.05) is 119 Å². The fraction of sp³-hybridized carbons (Fsp3) is 0.500. The molecule has 65 heavy (non-hydrogen) atoms. The van der Waals surface area contributed by atoms with Gasteiger partial charge in [0.15, 0.2) is 5.78 Å². The van der Waals surface area contributed by atoms with Crippen molar-refractivity contribution in [1.82, 2.24) is 26.2 Å². The number of rotatable bonds is 16. The number of hydrogen-bond acceptors (Lipinski definition) is 7. The summed E-state index contributed by atoms with van der Waals surface area (Å²) in [7, 11) is -2.96. The molecule has 5 amide bonds. The van der Waals surface area contributed by atoms with Crippen LogP contribution in [0.4, 0.5) is 0 Å². The molecule has 2 saturated heterocycles. The number of benzene rings is 3. The molecule has 2 aliphatic rings. The number of fused-ring (bicyclic) bond motifs is 1. The highest BCUT2D eigenvalue weighted by molar-refractivity contribution is 6.99. The van der Waals surface area contributed by atoms with Crippen LogP contribution in [0.1, 0.15) is 118 Å². The molecule has 0 saturated carbocycles. The van der Waals surface area contributed by atoms with Crippen molar-refractivity contribution in [2.24, 2.45) is 0 Å². The summed E-state index contributed by atoms with van der Waals surface area (Å²) in [5.74, 6) is -1.97. The third-order valence-corrected chi connectivity index (χ3v) is 17.7. The molecule has 5 rings (SSSR count). The quantitative estimate of drug-likeness (QED) is 0.0827. The fourth-order valence-corrected chi connectivity index (χ4v) is 13.5. The maximum absolute atomic E-state index is 14.3. The van der Waals surface area contributed by atoms with Crippen molar-refractivity contribution in [2.45, 2.75) is 160 Å². The van der Waals surface area contributed by atoms with E-state index in [1.54, 1.807) is 32.9 Å². The summed E-state index contributed by atoms with van der Waals surface area (Å²) in [6.07, 6.45) is 6.08. The monoisotopic (exact) mass is 906 g/mol. The van der Waals surface area contributed by atoms with E-state index in [1.165, 1.54) is 4.90 Å². The lowest BCUT2D eigenvalue weighted by Gasteiger charge is -2.44. The highest BCUT2D eigenvalue weighted by Crippen LogP contribution is 2.37. The lowest BCUT2D eigenvalue weighted by atomic mass is 9.94. The van der Waals surface area contributed by atoms with Crippen LogP contribution in [-0.2, 0) is 46.0 Å². The number of carbonyl (C=O) groups excluding carboxylic acids is 6. The molecule has 3 aromatic rings. The van der Waals surface area contributed by atoms with Gasteiger partial charge >= 0.3 is 0 Å². The largest absolute Gasteiger partial charge is 0.397 e. The third kappa shape index (κ3) is 12.9. The summed E-state index contributed by atoms with van der Waals surface area (Å²) in [6.45, 7) is 17.9. The number of unbranched alkanes of at least 4 members (excludes halogenated alkanes) is 1. The Morgan fingerprint density at radius 1 is 0.862 bits per heavy atom. The van der Waals surface area contributed by atoms with Gasteiger partial charge in [0.05, 0.1) is 0 Å². The minimum atomic E-state index is -2.96. The van der Waals surface area contributed by atoms with E-state index < -0.39 is 55.8 Å². The van der Waals surface area contributed by atoms with Crippen LogP contribution in [0.15, 0.2) is 97.1 Å². The Kier molecular flexibility index (Phi) is 16.9. The van der Waals surface area contributed by atoms with Crippen molar-refractivity contribution in [1.29, 1.82) is 0 Å². The molecule has 0 aromatic heterocycles. The second-order valence-electron chi connectivity index (χ2n) is 19.9. The SMILES string of the molecule is CC[C@]1(C)NC(=O)[C@H](CCC/C=C/C(=O)[C@H](C)O[Si](c2ccccc2)(c2ccccc2)C(C)(C)C)NC(=O)[C@H]2CCCN2C(=O)[C@H](Cc2ccc(CCC(=O)NC(C)(C)C)cc2)NC1=O. The predicted octanol–water partition coefficient (Wildman–Crippen LogP) is 5.60. The van der Waals surface area contributed by atoms with Gasteiger partial charge < -0.3 is 30.6 Å². The van der Waals surface area contributed by atoms with Gasteiger partial charge in [-0.15, -0.1) is 0 Å². The van der Waals surface area contributed by atoms with Gasteiger partial charge in [0.1, 0.15) is 29.8 Å². The van der Waals surface area contributed by atoms with Gasteiger partial charge in [-0.2, -0.15) is 0 Å². The first-order chi connectivity index (χ1) is 30.7. The van der Waals surface area contributed by atoms with E-state index >= 15 is 0 Å². The van der Waals surface area contributed by atoms with E-state index in [9.17, 15) is 28.8 Å². The van der Waals surface area contributed by atoms with Crippen molar-refractivity contribution in [3.8, 4) is 0 Å². The van der Waals surface area contributed by atoms with Crippen LogP contribution < -0.4 is 31.6 Å². The van der Waals surface area contributed by atoms with Crippen molar-refractivity contribution < 1.29 is 33.2 Å². The molecular weight excluding hydrogens is 835 g/mol. The van der Waals surface area contributed by atoms with Gasteiger partial charge in [-0.25, -0.2) is 0 Å². The summed E-state index contributed by atoms with van der Waals surface area (Å²) in [4.78, 5) is 84.0. The van der Waals surface area contributed by atoms with Crippen LogP contribution >= 0.6 is 0 Å². The van der Waals surface area contributed by atoms with Crippen LogP contribution in [0.25, 0.3) is 0 Å². The Morgan fingerprint density at radius 3 is 2.03 bits per heavy atom. The normalized spacial score (nSPS) is 21.7. The van der Waals surface area contributed by atoms with Crippen molar-refractivity contribution in [2.75, 3.05) is 6.54 Å². The van der Waals surface area contributed by atoms with Crippen LogP contribution in [0, 0.1) is 0 Å². The maximum Gasteiger partial charge on any atom is 0.262 e. The zero-order valence-corrected chi connectivity index (χ0v) is 40.9. The van der Waals surface area contributed by atoms with Crippen LogP contribution in [-0.4, -0.2) is 90.4 Å². The predicted molar refractivity (Wildman–Crippen MR) is 258 cm³/mol. The Bertz CT molecular complexity index is 2130. The average molecular weight is 906 g/mol. The molecule has 0 unspecified atom stereocenters. The average Bonchev–Trinajstić information content (AvgIpc) is 3.76. The van der Waals surface area contributed by atoms with Crippen molar-refractivity contribution in [3.05, 3.63) is 108 Å². The summed E-state index contributed by atoms with van der Waals surface area (Å²) in [5.41, 5.74) is 0.0763. The van der Waals surface area contributed by atoms with Gasteiger partial charge in [0, 0.05) is 24.9 Å². The minimum absolute atomic E-state index is 0.0329. The van der Waals surface area contributed by atoms with E-state index in [0.29, 0.717) is 45.1 Å². The number of hydrogen-bond donors (Lipinski definition) is 4. The Morgan fingerprint density at radius 2 is 1.46 bits per heavy atom. The summed E-state index contributed by atoms with van der Waals surface area (Å²) >= 11 is 0. The molecule has 3 aromatic carbocycles. The number of ketones is 1. The van der Waals surface area contributed by atoms with E-state index in [1.807, 2.05) is 81.4 Å². The molecule has 2 aliphatic heterocycles. The molecule has 4 N–H and O–H groups in total. The topological polar surface area (TPSA) is 163 Å². The molecule has 2 fully saturated rings. The van der Waals surface area contributed by atoms with Crippen LogP contribution in [0.3, 0.4) is 0 Å². The lowest BCUT2D eigenvalue weighted by molar-refractivity contribution is -0.144. The molecule has 5 atom stereocenters. The zero-order chi connectivity index (χ0) is 47.6. The maximum atomic E-state index is 14.3. The second kappa shape index (κ2) is 21.7. The first-order valence-corrected chi connectivity index (χ1v) is 25.2. The first-order valence-electron chi connectivity index (χ1n) is 23.3. The van der Waals surface area contributed by atoms with Gasteiger partial charge in [0.25, 0.3) is 8.32 Å². The third-order valence-electron chi connectivity index (χ3n) is 12.6. The van der Waals surface area contributed by atoms with Gasteiger partial charge in [-0.3, -0.25) is 28.8 Å². The molecule has 0 bridgehead atoms. The molecular formula is C52H71N5O7Si. The number of aryl methyl sites for hydroxylation is 1. The molecule has 12 nitrogen and oxygen atoms in total. The summed E-state index contributed by atoms with van der Waals surface area (Å²) in [6, 6.07) is 25.2. The number of nitrogens with one attached hydrogen (secondary N) is 4. The second-order valence-corrected chi connectivity index (χ2v) is 24.2. The molecule has 0 spiro atoms. The minimum Gasteiger partial charge on any atom is -0.397 e. The molecule has 13 heteroatoms. The molecule has 350 valence electrons. The smallest absolute Gasteiger partial charge is 0.262 e. The number of amides is 5. The van der Waals surface area contributed by atoms with E-state index in [0.717, 1.165) is 21.5 Å². The van der Waals surface area contributed by atoms with Crippen LogP contribution in [0.2, 0.25) is 5.04 Å². The Hall–Kier alpha value is -5.40. The van der Waals surface area contributed by atoms with Crippen LogP contribution in [0.5, 0.6) is 0 Å². The summed E-state index contributed by atoms with van der Waals surface area (Å²) < 4.78 is 6.99. The number of carbonyl (C=O) groups is 6. The molecule has 2 heterocycles. The Labute approximate surface area is 387 Å². The summed E-state index contributed by atoms with van der Waals surface area (Å²) in [5, 5.41) is 13.6. The van der Waals surface area contributed by atoms with E-state index in [-0.39, 0.29) is 47.4 Å². The highest BCUT2D eigenvalue weighted by Gasteiger charge is 2.51. The van der Waals surface area contributed by atoms with Gasteiger partial charge in [0.2, 0.25) is 29.5 Å². The standard InChI is InChI=1S/C52H71N5O7Si/c1-10-52(9)49(63)54-42(35-38-30-28-37(29-31-38)32-33-45(59)55-50(3,4)5)48(62)57-34-20-26-43(57)47(61)53-41(46(60)56-52)25-18-13-19-27-44(58)36(2)64-65(51(6,7)8,39-21-14-11-15-22-39)40-23-16-12-17-24-40/h11-12,14-17,19,21-24,27-31,36,41-43H,10,13,18,20,25-26,32-35H2,1-9H3,(H,53,61)(H,54,63)(H,55,59)(H,56,60)/b27-19+/t36-,41-,42-,43+,52-/m0/s1. The number of allylic oxidation sites excluding steroid dienone is 1. The first kappa shape index (κ1) is 50.6. The van der Waals surface area contributed by atoms with Crippen molar-refractivity contribution >= 4 is 54.0 Å². The zero-order valence-electron chi connectivity index (χ0n) is 39.9. The fourth-order valence-electron chi connectivity index (χ4n) is 8.83. The lowest BCUT2D eigenvalue weighted by Crippen LogP contribution is -2.68. The van der Waals surface area contributed by atoms with Gasteiger partial charge in [-0.05, 0) is 112 Å². The number of nitrogens with zero attached hydrogens (tertiary/aromatic N) is 1.